The second kappa shape index (κ2) is 14.9. The molecule has 1 aliphatic carbocycles. The van der Waals surface area contributed by atoms with Crippen molar-refractivity contribution < 1.29 is 19.2 Å². The summed E-state index contributed by atoms with van der Waals surface area (Å²) >= 11 is 0. The van der Waals surface area contributed by atoms with Crippen LogP contribution in [0.4, 0.5) is 17.5 Å². The molecule has 0 bridgehead atoms. The number of imide groups is 1. The van der Waals surface area contributed by atoms with Crippen LogP contribution in [0.15, 0.2) is 48.8 Å². The highest BCUT2D eigenvalue weighted by Gasteiger charge is 2.42. The molecule has 14 heteroatoms. The first-order valence-corrected chi connectivity index (χ1v) is 20.3. The molecule has 3 saturated heterocycles. The highest BCUT2D eigenvalue weighted by atomic mass is 16.2. The monoisotopic (exact) mass is 758 g/mol. The lowest BCUT2D eigenvalue weighted by molar-refractivity contribution is -0.136. The van der Waals surface area contributed by atoms with Gasteiger partial charge in [0.1, 0.15) is 23.2 Å². The van der Waals surface area contributed by atoms with Crippen LogP contribution >= 0.6 is 0 Å². The van der Waals surface area contributed by atoms with E-state index < -0.39 is 6.04 Å². The summed E-state index contributed by atoms with van der Waals surface area (Å²) in [7, 11) is 3.56. The van der Waals surface area contributed by atoms with Gasteiger partial charge in [0.2, 0.25) is 17.8 Å². The van der Waals surface area contributed by atoms with Gasteiger partial charge in [-0.2, -0.15) is 4.98 Å². The smallest absolute Gasteiger partial charge is 0.270 e. The van der Waals surface area contributed by atoms with Crippen molar-refractivity contribution in [3.63, 3.8) is 0 Å². The van der Waals surface area contributed by atoms with Crippen molar-refractivity contribution in [2.75, 3.05) is 43.9 Å². The molecule has 0 radical (unpaired) electrons. The van der Waals surface area contributed by atoms with Gasteiger partial charge in [0.15, 0.2) is 0 Å². The van der Waals surface area contributed by atoms with Crippen LogP contribution < -0.4 is 15.5 Å². The van der Waals surface area contributed by atoms with E-state index in [0.717, 1.165) is 105 Å². The molecule has 4 aromatic rings. The molecule has 5 aliphatic rings. The highest BCUT2D eigenvalue weighted by Crippen LogP contribution is 2.41. The highest BCUT2D eigenvalue weighted by molar-refractivity contribution is 6.06. The molecular weight excluding hydrogens is 709 g/mol. The number of carbonyl (C=O) groups is 4. The number of nitrogens with one attached hydrogen (secondary N) is 2. The van der Waals surface area contributed by atoms with Gasteiger partial charge in [-0.1, -0.05) is 25.0 Å². The van der Waals surface area contributed by atoms with Gasteiger partial charge in [0.25, 0.3) is 11.8 Å². The lowest BCUT2D eigenvalue weighted by atomic mass is 9.87. The molecule has 1 aromatic carbocycles. The number of amides is 4. The Bertz CT molecular complexity index is 2170. The Morgan fingerprint density at radius 1 is 0.911 bits per heavy atom. The number of hydrogen-bond donors (Lipinski definition) is 2. The second-order valence-corrected chi connectivity index (χ2v) is 16.4. The third-order valence-electron chi connectivity index (χ3n) is 12.7. The van der Waals surface area contributed by atoms with Crippen molar-refractivity contribution in [2.24, 2.45) is 5.92 Å². The van der Waals surface area contributed by atoms with Crippen LogP contribution in [0.2, 0.25) is 0 Å². The van der Waals surface area contributed by atoms with Gasteiger partial charge in [-0.05, 0) is 93.8 Å². The minimum absolute atomic E-state index is 0.0261. The quantitative estimate of drug-likeness (QED) is 0.223. The summed E-state index contributed by atoms with van der Waals surface area (Å²) in [4.78, 5) is 73.5. The maximum absolute atomic E-state index is 13.5. The lowest BCUT2D eigenvalue weighted by Gasteiger charge is -2.39. The molecule has 7 heterocycles. The molecule has 4 aliphatic heterocycles. The topological polar surface area (TPSA) is 149 Å². The number of benzene rings is 1. The van der Waals surface area contributed by atoms with E-state index in [1.54, 1.807) is 30.1 Å². The lowest BCUT2D eigenvalue weighted by Crippen LogP contribution is -2.52. The fourth-order valence-corrected chi connectivity index (χ4v) is 9.87. The van der Waals surface area contributed by atoms with Crippen molar-refractivity contribution in [2.45, 2.75) is 95.4 Å². The van der Waals surface area contributed by atoms with E-state index >= 15 is 0 Å². The van der Waals surface area contributed by atoms with Crippen LogP contribution in [-0.4, -0.2) is 104 Å². The Morgan fingerprint density at radius 3 is 2.48 bits per heavy atom. The number of pyridine rings is 1. The third-order valence-corrected chi connectivity index (χ3v) is 12.7. The molecule has 56 heavy (non-hydrogen) atoms. The van der Waals surface area contributed by atoms with Crippen molar-refractivity contribution in [1.29, 1.82) is 0 Å². The number of fused-ring (bicyclic) bond motifs is 2. The Hall–Kier alpha value is -5.37. The van der Waals surface area contributed by atoms with Gasteiger partial charge in [0, 0.05) is 86.8 Å². The summed E-state index contributed by atoms with van der Waals surface area (Å²) in [5, 5.41) is 6.57. The van der Waals surface area contributed by atoms with Gasteiger partial charge in [-0.25, -0.2) is 9.97 Å². The van der Waals surface area contributed by atoms with E-state index in [1.165, 1.54) is 0 Å². The maximum atomic E-state index is 13.5. The molecule has 1 saturated carbocycles. The molecule has 14 nitrogen and oxygen atoms in total. The Labute approximate surface area is 326 Å². The standard InChI is InChI=1S/C42H50N10O4/c1-48(2)41(56)35-21-28-23-44-42(47-38(28)52(35)29-7-3-4-8-29)45-36-14-12-26(22-43-36)24-49-19-16-27(17-20-49)32-11-6-18-50(32)33-10-5-9-30-31(33)25-51(40(30)55)34-13-15-37(53)46-39(34)54/h5,9-10,12,14,21-23,27,29,32,34H,3-4,6-8,11,13,15-20,24-25H2,1-2H3,(H,46,53,54)(H,43,44,45,47)/t32-,34-/m0/s1. The van der Waals surface area contributed by atoms with Crippen molar-refractivity contribution in [3.8, 4) is 0 Å². The number of carbonyl (C=O) groups excluding carboxylic acids is 4. The van der Waals surface area contributed by atoms with Crippen LogP contribution in [0.3, 0.4) is 0 Å². The molecule has 2 N–H and O–H groups in total. The van der Waals surface area contributed by atoms with Crippen LogP contribution in [0.5, 0.6) is 0 Å². The van der Waals surface area contributed by atoms with Crippen LogP contribution in [0, 0.1) is 5.92 Å². The summed E-state index contributed by atoms with van der Waals surface area (Å²) in [5.74, 6) is 0.897. The summed E-state index contributed by atoms with van der Waals surface area (Å²) in [6.07, 6.45) is 13.2. The largest absolute Gasteiger partial charge is 0.368 e. The molecule has 4 amide bonds. The van der Waals surface area contributed by atoms with Crippen molar-refractivity contribution >= 4 is 52.1 Å². The number of aromatic nitrogens is 4. The van der Waals surface area contributed by atoms with Crippen LogP contribution in [0.1, 0.15) is 102 Å². The van der Waals surface area contributed by atoms with E-state index in [2.05, 4.69) is 42.1 Å². The number of rotatable bonds is 9. The summed E-state index contributed by atoms with van der Waals surface area (Å²) in [6, 6.07) is 12.1. The van der Waals surface area contributed by atoms with Gasteiger partial charge in [0.05, 0.1) is 0 Å². The molecule has 9 rings (SSSR count). The first-order valence-electron chi connectivity index (χ1n) is 20.3. The number of nitrogens with zero attached hydrogens (tertiary/aromatic N) is 8. The number of piperidine rings is 2. The summed E-state index contributed by atoms with van der Waals surface area (Å²) in [5.41, 5.74) is 5.39. The van der Waals surface area contributed by atoms with Crippen LogP contribution in [0.25, 0.3) is 11.0 Å². The van der Waals surface area contributed by atoms with E-state index in [-0.39, 0.29) is 36.1 Å². The fourth-order valence-electron chi connectivity index (χ4n) is 9.87. The van der Waals surface area contributed by atoms with E-state index in [4.69, 9.17) is 9.97 Å². The molecule has 2 atom stereocenters. The predicted octanol–water partition coefficient (Wildman–Crippen LogP) is 5.03. The first kappa shape index (κ1) is 36.3. The van der Waals surface area contributed by atoms with Gasteiger partial charge < -0.3 is 24.6 Å². The zero-order chi connectivity index (χ0) is 38.5. The van der Waals surface area contributed by atoms with Gasteiger partial charge >= 0.3 is 0 Å². The average molecular weight is 759 g/mol. The van der Waals surface area contributed by atoms with Crippen molar-refractivity contribution in [3.05, 3.63) is 71.2 Å². The Morgan fingerprint density at radius 2 is 1.73 bits per heavy atom. The molecule has 3 aromatic heterocycles. The minimum atomic E-state index is -0.610. The molecule has 0 unspecified atom stereocenters. The van der Waals surface area contributed by atoms with E-state index in [0.29, 0.717) is 47.9 Å². The zero-order valence-corrected chi connectivity index (χ0v) is 32.2. The van der Waals surface area contributed by atoms with E-state index in [1.807, 2.05) is 30.5 Å². The van der Waals surface area contributed by atoms with Gasteiger partial charge in [-0.3, -0.25) is 29.4 Å². The Balaban J connectivity index is 0.821. The first-order chi connectivity index (χ1) is 27.2. The average Bonchev–Trinajstić information content (AvgIpc) is 4.02. The molecular formula is C42H50N10O4. The zero-order valence-electron chi connectivity index (χ0n) is 32.2. The fraction of sp³-hybridized carbons (Fsp3) is 0.500. The minimum Gasteiger partial charge on any atom is -0.368 e. The Kier molecular flexibility index (Phi) is 9.68. The molecule has 4 fully saturated rings. The van der Waals surface area contributed by atoms with Gasteiger partial charge in [-0.15, -0.1) is 0 Å². The normalized spacial score (nSPS) is 22.3. The summed E-state index contributed by atoms with van der Waals surface area (Å²) in [6.45, 7) is 4.22. The second-order valence-electron chi connectivity index (χ2n) is 16.4. The molecule has 0 spiro atoms. The molecule has 292 valence electrons. The number of hydrogen-bond acceptors (Lipinski definition) is 10. The van der Waals surface area contributed by atoms with E-state index in [9.17, 15) is 19.2 Å². The SMILES string of the molecule is CN(C)C(=O)c1cc2cnc(Nc3ccc(CN4CCC([C@@H]5CCCN5c5cccc6c5CN([C@H]5CCC(=O)NC5=O)C6=O)CC4)cn3)nc2n1C1CCCC1. The predicted molar refractivity (Wildman–Crippen MR) is 211 cm³/mol. The van der Waals surface area contributed by atoms with Crippen LogP contribution in [-0.2, 0) is 22.7 Å². The third kappa shape index (κ3) is 6.77. The number of anilines is 3. The van der Waals surface area contributed by atoms with Crippen molar-refractivity contribution in [1.82, 2.24) is 39.5 Å². The number of likely N-dealkylation sites (tertiary alicyclic amines) is 1. The summed E-state index contributed by atoms with van der Waals surface area (Å²) < 4.78 is 2.12. The maximum Gasteiger partial charge on any atom is 0.270 e.